The Kier molecular flexibility index (Phi) is 4.27. The predicted molar refractivity (Wildman–Crippen MR) is 72.4 cm³/mol. The number of likely N-dealkylation sites (N-methyl/N-ethyl adjacent to an activating group) is 1. The van der Waals surface area contributed by atoms with E-state index in [-0.39, 0.29) is 29.0 Å². The van der Waals surface area contributed by atoms with E-state index in [9.17, 15) is 15.0 Å². The summed E-state index contributed by atoms with van der Waals surface area (Å²) in [6.07, 6.45) is 2.01. The van der Waals surface area contributed by atoms with Gasteiger partial charge in [-0.1, -0.05) is 6.92 Å². The van der Waals surface area contributed by atoms with E-state index in [1.807, 2.05) is 0 Å². The minimum absolute atomic E-state index is 0.0261. The van der Waals surface area contributed by atoms with Gasteiger partial charge in [-0.3, -0.25) is 4.79 Å². The largest absolute Gasteiger partial charge is 0.508 e. The molecule has 0 spiro atoms. The van der Waals surface area contributed by atoms with Crippen LogP contribution in [0, 0.1) is 0 Å². The van der Waals surface area contributed by atoms with Gasteiger partial charge in [0.25, 0.3) is 5.91 Å². The maximum absolute atomic E-state index is 12.1. The second kappa shape index (κ2) is 5.93. The number of hydrogen-bond donors (Lipinski definition) is 3. The van der Waals surface area contributed by atoms with Crippen molar-refractivity contribution in [2.24, 2.45) is 0 Å². The number of amides is 1. The van der Waals surface area contributed by atoms with E-state index in [1.54, 1.807) is 0 Å². The molecule has 1 aliphatic rings. The summed E-state index contributed by atoms with van der Waals surface area (Å²) < 4.78 is 0. The molecule has 5 nitrogen and oxygen atoms in total. The lowest BCUT2D eigenvalue weighted by atomic mass is 10.0. The summed E-state index contributed by atoms with van der Waals surface area (Å²) in [6.45, 7) is 4.98. The number of benzene rings is 1. The number of nitrogens with zero attached hydrogens (tertiary/aromatic N) is 1. The molecule has 1 amide bonds. The second-order valence-electron chi connectivity index (χ2n) is 4.91. The lowest BCUT2D eigenvalue weighted by molar-refractivity contribution is 0.0903. The highest BCUT2D eigenvalue weighted by atomic mass is 16.3. The fraction of sp³-hybridized carbons (Fsp3) is 0.500. The van der Waals surface area contributed by atoms with Gasteiger partial charge < -0.3 is 20.4 Å². The molecule has 1 unspecified atom stereocenters. The van der Waals surface area contributed by atoms with E-state index in [4.69, 9.17) is 0 Å². The molecule has 2 rings (SSSR count). The van der Waals surface area contributed by atoms with Crippen molar-refractivity contribution in [3.8, 4) is 11.5 Å². The number of phenols is 2. The van der Waals surface area contributed by atoms with E-state index >= 15 is 0 Å². The first-order valence-corrected chi connectivity index (χ1v) is 6.65. The standard InChI is InChI=1S/C14H20N2O3/c1-2-16-7-3-4-10(9-16)15-14(19)12-8-11(17)5-6-13(12)18/h5-6,8,10,17-18H,2-4,7,9H2,1H3,(H,15,19). The molecule has 3 N–H and O–H groups in total. The average Bonchev–Trinajstić information content (AvgIpc) is 2.41. The fourth-order valence-electron chi connectivity index (χ4n) is 2.43. The number of piperidine rings is 1. The Hall–Kier alpha value is -1.75. The maximum Gasteiger partial charge on any atom is 0.255 e. The summed E-state index contributed by atoms with van der Waals surface area (Å²) >= 11 is 0. The van der Waals surface area contributed by atoms with Gasteiger partial charge in [-0.05, 0) is 44.1 Å². The Morgan fingerprint density at radius 2 is 2.26 bits per heavy atom. The van der Waals surface area contributed by atoms with Crippen LogP contribution < -0.4 is 5.32 Å². The van der Waals surface area contributed by atoms with Gasteiger partial charge in [0.2, 0.25) is 0 Å². The number of hydrogen-bond acceptors (Lipinski definition) is 4. The van der Waals surface area contributed by atoms with Crippen molar-refractivity contribution in [1.82, 2.24) is 10.2 Å². The minimum Gasteiger partial charge on any atom is -0.508 e. The molecular formula is C14H20N2O3. The summed E-state index contributed by atoms with van der Waals surface area (Å²) in [7, 11) is 0. The number of phenolic OH excluding ortho intramolecular Hbond substituents is 2. The SMILES string of the molecule is CCN1CCCC(NC(=O)c2cc(O)ccc2O)C1. The van der Waals surface area contributed by atoms with Crippen LogP contribution in [0.2, 0.25) is 0 Å². The van der Waals surface area contributed by atoms with Gasteiger partial charge in [-0.2, -0.15) is 0 Å². The Bertz CT molecular complexity index is 462. The van der Waals surface area contributed by atoms with E-state index < -0.39 is 0 Å². The Balaban J connectivity index is 2.02. The van der Waals surface area contributed by atoms with Crippen LogP contribution in [-0.4, -0.2) is 46.7 Å². The van der Waals surface area contributed by atoms with Gasteiger partial charge in [-0.25, -0.2) is 0 Å². The molecule has 0 aliphatic carbocycles. The molecule has 19 heavy (non-hydrogen) atoms. The highest BCUT2D eigenvalue weighted by molar-refractivity contribution is 5.97. The van der Waals surface area contributed by atoms with Crippen molar-refractivity contribution in [3.63, 3.8) is 0 Å². The molecule has 0 radical (unpaired) electrons. The first-order valence-electron chi connectivity index (χ1n) is 6.65. The van der Waals surface area contributed by atoms with Crippen LogP contribution in [0.4, 0.5) is 0 Å². The minimum atomic E-state index is -0.337. The van der Waals surface area contributed by atoms with Gasteiger partial charge in [0.05, 0.1) is 5.56 Å². The van der Waals surface area contributed by atoms with Crippen LogP contribution in [0.1, 0.15) is 30.1 Å². The third-order valence-corrected chi connectivity index (χ3v) is 3.51. The van der Waals surface area contributed by atoms with Crippen molar-refractivity contribution in [3.05, 3.63) is 23.8 Å². The van der Waals surface area contributed by atoms with Crippen LogP contribution in [0.15, 0.2) is 18.2 Å². The lowest BCUT2D eigenvalue weighted by Crippen LogP contribution is -2.47. The van der Waals surface area contributed by atoms with Crippen LogP contribution in [0.5, 0.6) is 11.5 Å². The van der Waals surface area contributed by atoms with Gasteiger partial charge in [0.15, 0.2) is 0 Å². The van der Waals surface area contributed by atoms with E-state index in [0.29, 0.717) is 0 Å². The van der Waals surface area contributed by atoms with E-state index in [1.165, 1.54) is 18.2 Å². The van der Waals surface area contributed by atoms with E-state index in [2.05, 4.69) is 17.1 Å². The number of rotatable bonds is 3. The zero-order valence-electron chi connectivity index (χ0n) is 11.1. The quantitative estimate of drug-likeness (QED) is 0.720. The number of carbonyl (C=O) groups excluding carboxylic acids is 1. The molecule has 1 aliphatic heterocycles. The van der Waals surface area contributed by atoms with Crippen molar-refractivity contribution < 1.29 is 15.0 Å². The molecular weight excluding hydrogens is 244 g/mol. The monoisotopic (exact) mass is 264 g/mol. The topological polar surface area (TPSA) is 72.8 Å². The predicted octanol–water partition coefficient (Wildman–Crippen LogP) is 1.31. The molecule has 5 heteroatoms. The zero-order valence-corrected chi connectivity index (χ0v) is 11.1. The maximum atomic E-state index is 12.1. The van der Waals surface area contributed by atoms with Crippen molar-refractivity contribution in [2.75, 3.05) is 19.6 Å². The Morgan fingerprint density at radius 3 is 3.00 bits per heavy atom. The molecule has 104 valence electrons. The van der Waals surface area contributed by atoms with Crippen LogP contribution in [-0.2, 0) is 0 Å². The normalized spacial score (nSPS) is 20.2. The third kappa shape index (κ3) is 3.38. The first-order chi connectivity index (χ1) is 9.10. The molecule has 0 bridgehead atoms. The lowest BCUT2D eigenvalue weighted by Gasteiger charge is -2.32. The fourth-order valence-corrected chi connectivity index (χ4v) is 2.43. The highest BCUT2D eigenvalue weighted by Gasteiger charge is 2.22. The van der Waals surface area contributed by atoms with E-state index in [0.717, 1.165) is 32.5 Å². The molecule has 1 fully saturated rings. The number of aromatic hydroxyl groups is 2. The molecule has 1 heterocycles. The number of nitrogens with one attached hydrogen (secondary N) is 1. The van der Waals surface area contributed by atoms with Gasteiger partial charge >= 0.3 is 0 Å². The summed E-state index contributed by atoms with van der Waals surface area (Å²) in [5.41, 5.74) is 0.119. The summed E-state index contributed by atoms with van der Waals surface area (Å²) in [5, 5.41) is 21.9. The number of likely N-dealkylation sites (tertiary alicyclic amines) is 1. The average molecular weight is 264 g/mol. The van der Waals surface area contributed by atoms with Gasteiger partial charge in [-0.15, -0.1) is 0 Å². The molecule has 0 saturated carbocycles. The number of carbonyl (C=O) groups is 1. The molecule has 1 saturated heterocycles. The van der Waals surface area contributed by atoms with Gasteiger partial charge in [0, 0.05) is 12.6 Å². The second-order valence-corrected chi connectivity index (χ2v) is 4.91. The molecule has 1 aromatic carbocycles. The smallest absolute Gasteiger partial charge is 0.255 e. The van der Waals surface area contributed by atoms with Crippen molar-refractivity contribution >= 4 is 5.91 Å². The van der Waals surface area contributed by atoms with Crippen LogP contribution in [0.3, 0.4) is 0 Å². The van der Waals surface area contributed by atoms with Gasteiger partial charge in [0.1, 0.15) is 11.5 Å². The molecule has 1 aromatic rings. The summed E-state index contributed by atoms with van der Waals surface area (Å²) in [6, 6.07) is 4.06. The third-order valence-electron chi connectivity index (χ3n) is 3.51. The van der Waals surface area contributed by atoms with Crippen molar-refractivity contribution in [2.45, 2.75) is 25.8 Å². The Morgan fingerprint density at radius 1 is 1.47 bits per heavy atom. The zero-order chi connectivity index (χ0) is 13.8. The van der Waals surface area contributed by atoms with Crippen LogP contribution >= 0.6 is 0 Å². The molecule has 1 atom stereocenters. The molecule has 0 aromatic heterocycles. The first kappa shape index (κ1) is 13.7. The van der Waals surface area contributed by atoms with Crippen LogP contribution in [0.25, 0.3) is 0 Å². The van der Waals surface area contributed by atoms with Crippen molar-refractivity contribution in [1.29, 1.82) is 0 Å². The summed E-state index contributed by atoms with van der Waals surface area (Å²) in [5.74, 6) is -0.475. The summed E-state index contributed by atoms with van der Waals surface area (Å²) in [4.78, 5) is 14.4. The Labute approximate surface area is 112 Å². The highest BCUT2D eigenvalue weighted by Crippen LogP contribution is 2.22.